The molecule has 1 atom stereocenters. The number of ether oxygens (including phenoxy) is 2. The number of halogens is 1. The van der Waals surface area contributed by atoms with Gasteiger partial charge in [-0.15, -0.1) is 5.10 Å². The van der Waals surface area contributed by atoms with Crippen LogP contribution < -0.4 is 9.47 Å². The molecule has 0 spiro atoms. The Labute approximate surface area is 139 Å². The van der Waals surface area contributed by atoms with Gasteiger partial charge in [-0.1, -0.05) is 12.1 Å². The summed E-state index contributed by atoms with van der Waals surface area (Å²) in [5, 5.41) is 7.89. The molecule has 1 aliphatic heterocycles. The molecule has 1 fully saturated rings. The highest BCUT2D eigenvalue weighted by molar-refractivity contribution is 5.78. The van der Waals surface area contributed by atoms with Crippen LogP contribution in [-0.2, 0) is 4.79 Å². The molecule has 1 amide bonds. The van der Waals surface area contributed by atoms with Gasteiger partial charge in [0.1, 0.15) is 6.10 Å². The van der Waals surface area contributed by atoms with Crippen LogP contribution in [0, 0.1) is 12.7 Å². The van der Waals surface area contributed by atoms with Crippen LogP contribution in [0.3, 0.4) is 0 Å². The van der Waals surface area contributed by atoms with Crippen LogP contribution in [0.1, 0.15) is 12.1 Å². The third kappa shape index (κ3) is 3.98. The number of likely N-dealkylation sites (tertiary alicyclic amines) is 1. The molecule has 2 heterocycles. The zero-order valence-electron chi connectivity index (χ0n) is 13.3. The molecule has 1 aliphatic rings. The molecule has 1 aromatic heterocycles. The summed E-state index contributed by atoms with van der Waals surface area (Å²) in [4.78, 5) is 13.8. The smallest absolute Gasteiger partial charge is 0.260 e. The quantitative estimate of drug-likeness (QED) is 0.838. The summed E-state index contributed by atoms with van der Waals surface area (Å²) in [6, 6.07) is 9.60. The van der Waals surface area contributed by atoms with Crippen LogP contribution in [0.25, 0.3) is 0 Å². The fourth-order valence-corrected chi connectivity index (χ4v) is 2.46. The fraction of sp³-hybridized carbons (Fsp3) is 0.353. The first kappa shape index (κ1) is 16.2. The van der Waals surface area contributed by atoms with E-state index < -0.39 is 5.82 Å². The predicted octanol–water partition coefficient (Wildman–Crippen LogP) is 1.98. The molecule has 126 valence electrons. The van der Waals surface area contributed by atoms with Gasteiger partial charge in [-0.05, 0) is 25.1 Å². The largest absolute Gasteiger partial charge is 0.481 e. The highest BCUT2D eigenvalue weighted by Gasteiger charge is 2.28. The third-order valence-corrected chi connectivity index (χ3v) is 3.75. The van der Waals surface area contributed by atoms with Gasteiger partial charge in [-0.25, -0.2) is 4.39 Å². The Balaban J connectivity index is 1.49. The summed E-state index contributed by atoms with van der Waals surface area (Å²) < 4.78 is 24.4. The van der Waals surface area contributed by atoms with Crippen molar-refractivity contribution in [1.82, 2.24) is 15.1 Å². The van der Waals surface area contributed by atoms with E-state index >= 15 is 0 Å². The lowest BCUT2D eigenvalue weighted by Gasteiger charge is -2.17. The molecule has 1 saturated heterocycles. The van der Waals surface area contributed by atoms with Crippen LogP contribution in [0.2, 0.25) is 0 Å². The number of aromatic nitrogens is 2. The summed E-state index contributed by atoms with van der Waals surface area (Å²) in [5.41, 5.74) is 0.816. The van der Waals surface area contributed by atoms with Crippen molar-refractivity contribution in [3.63, 3.8) is 0 Å². The number of rotatable bonds is 5. The standard InChI is InChI=1S/C17H18FN3O3/c1-12-6-7-16(20-19-12)24-13-8-9-21(10-13)17(22)11-23-15-5-3-2-4-14(15)18/h2-7,13H,8-11H2,1H3/t13-/m0/s1. The van der Waals surface area contributed by atoms with Gasteiger partial charge in [0.05, 0.1) is 12.2 Å². The van der Waals surface area contributed by atoms with E-state index in [9.17, 15) is 9.18 Å². The number of carbonyl (C=O) groups excluding carboxylic acids is 1. The number of carbonyl (C=O) groups is 1. The van der Waals surface area contributed by atoms with E-state index in [0.717, 1.165) is 5.69 Å². The monoisotopic (exact) mass is 331 g/mol. The van der Waals surface area contributed by atoms with Gasteiger partial charge in [0.2, 0.25) is 5.88 Å². The van der Waals surface area contributed by atoms with Crippen molar-refractivity contribution in [3.8, 4) is 11.6 Å². The van der Waals surface area contributed by atoms with E-state index in [1.807, 2.05) is 13.0 Å². The molecular formula is C17H18FN3O3. The number of nitrogens with zero attached hydrogens (tertiary/aromatic N) is 3. The zero-order valence-corrected chi connectivity index (χ0v) is 13.3. The Bertz CT molecular complexity index is 708. The Morgan fingerprint density at radius 3 is 2.88 bits per heavy atom. The number of amides is 1. The zero-order chi connectivity index (χ0) is 16.9. The first-order chi connectivity index (χ1) is 11.6. The lowest BCUT2D eigenvalue weighted by molar-refractivity contribution is -0.132. The normalized spacial score (nSPS) is 16.9. The maximum absolute atomic E-state index is 13.5. The second kappa shape index (κ2) is 7.25. The number of hydrogen-bond donors (Lipinski definition) is 0. The highest BCUT2D eigenvalue weighted by atomic mass is 19.1. The molecule has 0 aliphatic carbocycles. The van der Waals surface area contributed by atoms with Gasteiger partial charge >= 0.3 is 0 Å². The van der Waals surface area contributed by atoms with E-state index in [1.165, 1.54) is 12.1 Å². The van der Waals surface area contributed by atoms with Gasteiger partial charge in [-0.3, -0.25) is 4.79 Å². The average Bonchev–Trinajstić information content (AvgIpc) is 3.05. The summed E-state index contributed by atoms with van der Waals surface area (Å²) in [6.07, 6.45) is 0.584. The second-order valence-electron chi connectivity index (χ2n) is 5.60. The van der Waals surface area contributed by atoms with Crippen molar-refractivity contribution in [2.24, 2.45) is 0 Å². The molecule has 0 radical (unpaired) electrons. The van der Waals surface area contributed by atoms with Gasteiger partial charge in [0.25, 0.3) is 5.91 Å². The molecule has 24 heavy (non-hydrogen) atoms. The van der Waals surface area contributed by atoms with Crippen LogP contribution in [0.5, 0.6) is 11.6 Å². The predicted molar refractivity (Wildman–Crippen MR) is 84.3 cm³/mol. The van der Waals surface area contributed by atoms with E-state index in [-0.39, 0.29) is 24.4 Å². The first-order valence-corrected chi connectivity index (χ1v) is 7.74. The van der Waals surface area contributed by atoms with Gasteiger partial charge in [0.15, 0.2) is 18.2 Å². The van der Waals surface area contributed by atoms with Gasteiger partial charge in [0, 0.05) is 19.0 Å². The minimum atomic E-state index is -0.481. The molecule has 0 N–H and O–H groups in total. The second-order valence-corrected chi connectivity index (χ2v) is 5.60. The first-order valence-electron chi connectivity index (χ1n) is 7.74. The Morgan fingerprint density at radius 2 is 2.12 bits per heavy atom. The Kier molecular flexibility index (Phi) is 4.88. The van der Waals surface area contributed by atoms with Crippen molar-refractivity contribution in [1.29, 1.82) is 0 Å². The Morgan fingerprint density at radius 1 is 1.29 bits per heavy atom. The van der Waals surface area contributed by atoms with Crippen molar-refractivity contribution in [2.75, 3.05) is 19.7 Å². The molecule has 6 nitrogen and oxygen atoms in total. The number of hydrogen-bond acceptors (Lipinski definition) is 5. The van der Waals surface area contributed by atoms with E-state index in [2.05, 4.69) is 10.2 Å². The SMILES string of the molecule is Cc1ccc(O[C@H]2CCN(C(=O)COc3ccccc3F)C2)nn1. The van der Waals surface area contributed by atoms with Crippen molar-refractivity contribution >= 4 is 5.91 Å². The molecular weight excluding hydrogens is 313 g/mol. The van der Waals surface area contributed by atoms with Gasteiger partial charge < -0.3 is 14.4 Å². The maximum atomic E-state index is 13.5. The topological polar surface area (TPSA) is 64.5 Å². The van der Waals surface area contributed by atoms with E-state index in [0.29, 0.717) is 25.4 Å². The average molecular weight is 331 g/mol. The fourth-order valence-electron chi connectivity index (χ4n) is 2.46. The summed E-state index contributed by atoms with van der Waals surface area (Å²) in [6.45, 7) is 2.68. The van der Waals surface area contributed by atoms with Crippen LogP contribution in [0.4, 0.5) is 4.39 Å². The van der Waals surface area contributed by atoms with Crippen molar-refractivity contribution < 1.29 is 18.7 Å². The van der Waals surface area contributed by atoms with E-state index in [1.54, 1.807) is 23.1 Å². The van der Waals surface area contributed by atoms with Crippen molar-refractivity contribution in [2.45, 2.75) is 19.4 Å². The summed E-state index contributed by atoms with van der Waals surface area (Å²) in [5.74, 6) is -0.152. The lowest BCUT2D eigenvalue weighted by Crippen LogP contribution is -2.34. The maximum Gasteiger partial charge on any atom is 0.260 e. The summed E-state index contributed by atoms with van der Waals surface area (Å²) in [7, 11) is 0. The molecule has 1 aromatic carbocycles. The number of aryl methyl sites for hydroxylation is 1. The lowest BCUT2D eigenvalue weighted by atomic mass is 10.3. The van der Waals surface area contributed by atoms with Crippen LogP contribution >= 0.6 is 0 Å². The highest BCUT2D eigenvalue weighted by Crippen LogP contribution is 2.18. The van der Waals surface area contributed by atoms with Crippen LogP contribution in [-0.4, -0.2) is 46.8 Å². The van der Waals surface area contributed by atoms with Crippen molar-refractivity contribution in [3.05, 3.63) is 47.9 Å². The molecule has 7 heteroatoms. The molecule has 0 bridgehead atoms. The minimum Gasteiger partial charge on any atom is -0.481 e. The molecule has 0 unspecified atom stereocenters. The van der Waals surface area contributed by atoms with E-state index in [4.69, 9.17) is 9.47 Å². The minimum absolute atomic E-state index is 0.0766. The third-order valence-electron chi connectivity index (χ3n) is 3.75. The number of benzene rings is 1. The van der Waals surface area contributed by atoms with Crippen LogP contribution in [0.15, 0.2) is 36.4 Å². The molecule has 3 rings (SSSR count). The molecule has 2 aromatic rings. The summed E-state index contributed by atoms with van der Waals surface area (Å²) >= 11 is 0. The molecule has 0 saturated carbocycles. The number of para-hydroxylation sites is 1. The van der Waals surface area contributed by atoms with Gasteiger partial charge in [-0.2, -0.15) is 5.10 Å². The Hall–Kier alpha value is -2.70.